The smallest absolute Gasteiger partial charge is 0.308 e. The van der Waals surface area contributed by atoms with Crippen LogP contribution in [0.3, 0.4) is 0 Å². The number of aliphatic imine (C=N–C) groups is 1. The number of esters is 1. The van der Waals surface area contributed by atoms with Gasteiger partial charge >= 0.3 is 11.9 Å². The van der Waals surface area contributed by atoms with Gasteiger partial charge in [-0.15, -0.1) is 0 Å². The fraction of sp³-hybridized carbons (Fsp3) is 0.704. The molecule has 0 radical (unpaired) electrons. The molecule has 0 fully saturated rings. The van der Waals surface area contributed by atoms with Gasteiger partial charge in [-0.2, -0.15) is 4.99 Å². The van der Waals surface area contributed by atoms with Gasteiger partial charge in [0.15, 0.2) is 5.96 Å². The molecule has 2 rings (SSSR count). The molecule has 0 amide bonds. The summed E-state index contributed by atoms with van der Waals surface area (Å²) in [6.45, 7) is 5.85. The standard InChI is InChI=1S/C23H36O7.C4H11N5/c1-4-13(2)23(29)30-20-11-17(25)9-15-6-5-14(3)19(22(15)20)8-7-16(24)10-18(26)12-21(27)28;1-9(2)4(7)8-3(5)6/h5-6,9,13-14,16-20,22,24-26H,4,7-8,10-12H2,1-3H3,(H,27,28);1-2H3,(H5,5,6,7,8)/t13-,14-,16+,17+,18-,19-,20-,22-;/m0./s1. The zero-order chi connectivity index (χ0) is 29.9. The van der Waals surface area contributed by atoms with E-state index in [0.29, 0.717) is 25.7 Å². The first-order valence-electron chi connectivity index (χ1n) is 13.4. The van der Waals surface area contributed by atoms with Crippen LogP contribution in [0, 0.1) is 29.1 Å². The van der Waals surface area contributed by atoms with Crippen molar-refractivity contribution in [2.24, 2.45) is 40.1 Å². The highest BCUT2D eigenvalue weighted by molar-refractivity contribution is 5.91. The zero-order valence-electron chi connectivity index (χ0n) is 23.7. The number of guanidine groups is 2. The van der Waals surface area contributed by atoms with E-state index in [0.717, 1.165) is 5.57 Å². The number of nitrogens with two attached hydrogens (primary N) is 2. The fourth-order valence-corrected chi connectivity index (χ4v) is 4.74. The molecule has 2 aliphatic rings. The molecule has 9 N–H and O–H groups in total. The number of carbonyl (C=O) groups excluding carboxylic acids is 1. The Bertz CT molecular complexity index is 916. The summed E-state index contributed by atoms with van der Waals surface area (Å²) >= 11 is 0. The fourth-order valence-electron chi connectivity index (χ4n) is 4.74. The Hall–Kier alpha value is -2.96. The number of fused-ring (bicyclic) bond motifs is 1. The van der Waals surface area contributed by atoms with Crippen molar-refractivity contribution in [2.75, 3.05) is 14.1 Å². The van der Waals surface area contributed by atoms with Crippen LogP contribution in [0.4, 0.5) is 0 Å². The molecule has 0 unspecified atom stereocenters. The zero-order valence-corrected chi connectivity index (χ0v) is 23.7. The van der Waals surface area contributed by atoms with Gasteiger partial charge in [0.05, 0.1) is 30.7 Å². The van der Waals surface area contributed by atoms with Crippen molar-refractivity contribution >= 4 is 23.9 Å². The van der Waals surface area contributed by atoms with Crippen LogP contribution in [-0.4, -0.2) is 87.7 Å². The third-order valence-electron chi connectivity index (χ3n) is 7.10. The number of ether oxygens (including phenoxy) is 1. The van der Waals surface area contributed by atoms with Crippen molar-refractivity contribution in [1.29, 1.82) is 5.41 Å². The molecule has 222 valence electrons. The lowest BCUT2D eigenvalue weighted by atomic mass is 9.66. The number of nitrogens with one attached hydrogen (secondary N) is 1. The lowest BCUT2D eigenvalue weighted by Crippen LogP contribution is -2.43. The first-order valence-corrected chi connectivity index (χ1v) is 13.4. The van der Waals surface area contributed by atoms with E-state index in [9.17, 15) is 24.9 Å². The van der Waals surface area contributed by atoms with E-state index in [1.54, 1.807) is 14.1 Å². The maximum Gasteiger partial charge on any atom is 0.308 e. The molecule has 12 nitrogen and oxygen atoms in total. The van der Waals surface area contributed by atoms with Crippen molar-refractivity contribution in [3.63, 3.8) is 0 Å². The van der Waals surface area contributed by atoms with Gasteiger partial charge in [0, 0.05) is 26.4 Å². The Kier molecular flexibility index (Phi) is 14.2. The van der Waals surface area contributed by atoms with E-state index in [-0.39, 0.29) is 54.4 Å². The maximum absolute atomic E-state index is 12.4. The van der Waals surface area contributed by atoms with Gasteiger partial charge in [-0.3, -0.25) is 15.0 Å². The number of nitrogens with zero attached hydrogens (tertiary/aromatic N) is 2. The average molecular weight is 554 g/mol. The van der Waals surface area contributed by atoms with Crippen LogP contribution in [0.15, 0.2) is 28.8 Å². The summed E-state index contributed by atoms with van der Waals surface area (Å²) in [5.74, 6) is -1.35. The molecule has 0 aromatic heterocycles. The summed E-state index contributed by atoms with van der Waals surface area (Å²) in [5.41, 5.74) is 10.9. The molecule has 0 spiro atoms. The molecule has 0 bridgehead atoms. The van der Waals surface area contributed by atoms with Crippen molar-refractivity contribution in [2.45, 2.75) is 83.7 Å². The number of carbonyl (C=O) groups is 2. The number of hydrogen-bond acceptors (Lipinski definition) is 7. The summed E-state index contributed by atoms with van der Waals surface area (Å²) in [6, 6.07) is 0. The normalized spacial score (nSPS) is 25.9. The summed E-state index contributed by atoms with van der Waals surface area (Å²) < 4.78 is 5.84. The second-order valence-electron chi connectivity index (χ2n) is 10.6. The van der Waals surface area contributed by atoms with E-state index < -0.39 is 30.4 Å². The quantitative estimate of drug-likeness (QED) is 0.116. The van der Waals surface area contributed by atoms with Gasteiger partial charge in [-0.25, -0.2) is 0 Å². The predicted octanol–water partition coefficient (Wildman–Crippen LogP) is 1.20. The third kappa shape index (κ3) is 11.8. The van der Waals surface area contributed by atoms with Gasteiger partial charge < -0.3 is 41.5 Å². The number of rotatable bonds is 10. The van der Waals surface area contributed by atoms with E-state index in [2.05, 4.69) is 18.0 Å². The molecular weight excluding hydrogens is 506 g/mol. The lowest BCUT2D eigenvalue weighted by Gasteiger charge is -2.43. The van der Waals surface area contributed by atoms with Crippen molar-refractivity contribution in [1.82, 2.24) is 4.90 Å². The van der Waals surface area contributed by atoms with E-state index >= 15 is 0 Å². The lowest BCUT2D eigenvalue weighted by molar-refractivity contribution is -0.159. The number of aliphatic hydroxyl groups excluding tert-OH is 3. The Labute approximate surface area is 230 Å². The highest BCUT2D eigenvalue weighted by atomic mass is 16.5. The topological polar surface area (TPSA) is 216 Å². The Balaban J connectivity index is 0.000000724. The Morgan fingerprint density at radius 2 is 1.90 bits per heavy atom. The Morgan fingerprint density at radius 3 is 2.41 bits per heavy atom. The number of carboxylic acid groups (broad SMARTS) is 1. The summed E-state index contributed by atoms with van der Waals surface area (Å²) in [6.07, 6.45) is 4.64. The minimum atomic E-state index is -1.10. The molecule has 0 aliphatic heterocycles. The SMILES string of the molecule is CC[C@H](C)C(=O)O[C@H]1C[C@H](O)C=C2C=C[C@H](C)[C@H](CC[C@@H](O)C[C@H](O)CC(=O)O)[C@H]21.CN(C)C(=N)N=C(N)N. The number of allylic oxidation sites excluding steroid dienone is 2. The molecule has 2 aliphatic carbocycles. The molecule has 12 heteroatoms. The molecule has 0 heterocycles. The first kappa shape index (κ1) is 34.1. The highest BCUT2D eigenvalue weighted by Gasteiger charge is 2.42. The Morgan fingerprint density at radius 1 is 1.26 bits per heavy atom. The van der Waals surface area contributed by atoms with Crippen LogP contribution >= 0.6 is 0 Å². The molecular formula is C27H47N5O7. The van der Waals surface area contributed by atoms with Crippen LogP contribution in [0.25, 0.3) is 0 Å². The maximum atomic E-state index is 12.4. The second kappa shape index (κ2) is 16.2. The monoisotopic (exact) mass is 553 g/mol. The van der Waals surface area contributed by atoms with E-state index in [1.165, 1.54) is 4.90 Å². The summed E-state index contributed by atoms with van der Waals surface area (Å²) in [7, 11) is 3.38. The van der Waals surface area contributed by atoms with Gasteiger partial charge in [0.2, 0.25) is 5.96 Å². The molecule has 39 heavy (non-hydrogen) atoms. The van der Waals surface area contributed by atoms with Crippen molar-refractivity contribution in [3.8, 4) is 0 Å². The summed E-state index contributed by atoms with van der Waals surface area (Å²) in [4.78, 5) is 28.1. The molecule has 0 saturated carbocycles. The van der Waals surface area contributed by atoms with E-state index in [4.69, 9.17) is 26.7 Å². The van der Waals surface area contributed by atoms with Gasteiger partial charge in [-0.1, -0.05) is 39.0 Å². The third-order valence-corrected chi connectivity index (χ3v) is 7.10. The highest BCUT2D eigenvalue weighted by Crippen LogP contribution is 2.44. The second-order valence-corrected chi connectivity index (χ2v) is 10.6. The molecule has 0 saturated heterocycles. The minimum absolute atomic E-state index is 0.0156. The summed E-state index contributed by atoms with van der Waals surface area (Å²) in [5, 5.41) is 46.1. The predicted molar refractivity (Wildman–Crippen MR) is 149 cm³/mol. The van der Waals surface area contributed by atoms with Crippen LogP contribution in [0.1, 0.15) is 59.3 Å². The van der Waals surface area contributed by atoms with Crippen molar-refractivity contribution in [3.05, 3.63) is 23.8 Å². The average Bonchev–Trinajstić information content (AvgIpc) is 2.82. The number of hydrogen-bond donors (Lipinski definition) is 7. The van der Waals surface area contributed by atoms with Crippen molar-refractivity contribution < 1.29 is 34.8 Å². The van der Waals surface area contributed by atoms with Crippen LogP contribution in [0.5, 0.6) is 0 Å². The molecule has 0 aromatic rings. The molecule has 8 atom stereocenters. The van der Waals surface area contributed by atoms with Crippen LogP contribution in [-0.2, 0) is 14.3 Å². The van der Waals surface area contributed by atoms with Gasteiger partial charge in [0.25, 0.3) is 0 Å². The van der Waals surface area contributed by atoms with Crippen LogP contribution < -0.4 is 11.5 Å². The van der Waals surface area contributed by atoms with Crippen LogP contribution in [0.2, 0.25) is 0 Å². The van der Waals surface area contributed by atoms with Gasteiger partial charge in [0.1, 0.15) is 6.10 Å². The van der Waals surface area contributed by atoms with E-state index in [1.807, 2.05) is 26.0 Å². The van der Waals surface area contributed by atoms with Gasteiger partial charge in [-0.05, 0) is 43.1 Å². The molecule has 0 aromatic carbocycles. The number of carboxylic acids is 1. The first-order chi connectivity index (χ1) is 18.2. The largest absolute Gasteiger partial charge is 0.481 e. The number of aliphatic carboxylic acids is 1. The minimum Gasteiger partial charge on any atom is -0.481 e. The number of aliphatic hydroxyl groups is 3.